The molecule has 2 unspecified atom stereocenters. The van der Waals surface area contributed by atoms with E-state index in [1.165, 1.54) is 40.6 Å². The molecule has 0 aliphatic heterocycles. The molecule has 37 heavy (non-hydrogen) atoms. The fourth-order valence-electron chi connectivity index (χ4n) is 4.64. The minimum atomic E-state index is -1.00. The molecule has 1 amide bonds. The SMILES string of the molecule is COc1ccc(C2CC(c3cc(OC)c(OC)c(OC)c3)=CC(=O)C2C(=O)Nc2ccccc2)cc1O. The van der Waals surface area contributed by atoms with Crippen LogP contribution in [0.5, 0.6) is 28.7 Å². The lowest BCUT2D eigenvalue weighted by Crippen LogP contribution is -2.36. The van der Waals surface area contributed by atoms with Crippen LogP contribution in [0, 0.1) is 5.92 Å². The molecular weight excluding hydrogens is 474 g/mol. The van der Waals surface area contributed by atoms with Gasteiger partial charge in [0.2, 0.25) is 11.7 Å². The zero-order valence-corrected chi connectivity index (χ0v) is 21.1. The van der Waals surface area contributed by atoms with E-state index in [0.29, 0.717) is 51.8 Å². The average molecular weight is 504 g/mol. The standard InChI is InChI=1S/C29H29NO7/c1-34-24-11-10-17(13-22(24)31)21-12-18(19-15-25(35-2)28(37-4)26(16-19)36-3)14-23(32)27(21)29(33)30-20-8-6-5-7-9-20/h5-11,13-16,21,27,31H,12H2,1-4H3,(H,30,33). The number of amides is 1. The summed E-state index contributed by atoms with van der Waals surface area (Å²) < 4.78 is 21.6. The number of aromatic hydroxyl groups is 1. The highest BCUT2D eigenvalue weighted by atomic mass is 16.5. The smallest absolute Gasteiger partial charge is 0.235 e. The first kappa shape index (κ1) is 25.6. The Labute approximate surface area is 215 Å². The number of benzene rings is 3. The van der Waals surface area contributed by atoms with Crippen LogP contribution < -0.4 is 24.3 Å². The molecule has 1 aliphatic carbocycles. The summed E-state index contributed by atoms with van der Waals surface area (Å²) in [5.74, 6) is -0.740. The molecule has 0 saturated heterocycles. The lowest BCUT2D eigenvalue weighted by molar-refractivity contribution is -0.129. The molecule has 0 bridgehead atoms. The fourth-order valence-corrected chi connectivity index (χ4v) is 4.64. The third kappa shape index (κ3) is 5.23. The first-order valence-corrected chi connectivity index (χ1v) is 11.7. The molecule has 3 aromatic rings. The van der Waals surface area contributed by atoms with Crippen LogP contribution in [0.2, 0.25) is 0 Å². The first-order valence-electron chi connectivity index (χ1n) is 11.7. The maximum absolute atomic E-state index is 13.5. The van der Waals surface area contributed by atoms with Crippen LogP contribution in [0.1, 0.15) is 23.5 Å². The van der Waals surface area contributed by atoms with Gasteiger partial charge in [-0.1, -0.05) is 24.3 Å². The second-order valence-corrected chi connectivity index (χ2v) is 8.56. The molecule has 2 N–H and O–H groups in total. The minimum Gasteiger partial charge on any atom is -0.504 e. The molecule has 0 saturated carbocycles. The number of nitrogens with one attached hydrogen (secondary N) is 1. The number of methoxy groups -OCH3 is 4. The topological polar surface area (TPSA) is 103 Å². The van der Waals surface area contributed by atoms with Crippen LogP contribution in [0.3, 0.4) is 0 Å². The van der Waals surface area contributed by atoms with Crippen LogP contribution in [-0.2, 0) is 9.59 Å². The van der Waals surface area contributed by atoms with Gasteiger partial charge in [-0.15, -0.1) is 0 Å². The van der Waals surface area contributed by atoms with Crippen molar-refractivity contribution in [2.75, 3.05) is 33.8 Å². The van der Waals surface area contributed by atoms with Gasteiger partial charge in [-0.25, -0.2) is 0 Å². The number of carbonyl (C=O) groups excluding carboxylic acids is 2. The largest absolute Gasteiger partial charge is 0.504 e. The van der Waals surface area contributed by atoms with E-state index in [1.54, 1.807) is 48.5 Å². The Balaban J connectivity index is 1.78. The Morgan fingerprint density at radius 1 is 0.865 bits per heavy atom. The number of hydrogen-bond donors (Lipinski definition) is 2. The van der Waals surface area contributed by atoms with Gasteiger partial charge in [0.05, 0.1) is 28.4 Å². The molecule has 0 radical (unpaired) electrons. The lowest BCUT2D eigenvalue weighted by Gasteiger charge is -2.30. The average Bonchev–Trinajstić information content (AvgIpc) is 2.92. The molecule has 2 atom stereocenters. The second-order valence-electron chi connectivity index (χ2n) is 8.56. The van der Waals surface area contributed by atoms with Crippen LogP contribution in [0.15, 0.2) is 66.7 Å². The summed E-state index contributed by atoms with van der Waals surface area (Å²) in [6.07, 6.45) is 1.85. The number of anilines is 1. The predicted molar refractivity (Wildman–Crippen MR) is 140 cm³/mol. The lowest BCUT2D eigenvalue weighted by atomic mass is 9.73. The van der Waals surface area contributed by atoms with Gasteiger partial charge in [-0.2, -0.15) is 0 Å². The van der Waals surface area contributed by atoms with Gasteiger partial charge in [-0.3, -0.25) is 9.59 Å². The quantitative estimate of drug-likeness (QED) is 0.425. The fraction of sp³-hybridized carbons (Fsp3) is 0.241. The monoisotopic (exact) mass is 503 g/mol. The first-order chi connectivity index (χ1) is 17.9. The van der Waals surface area contributed by atoms with Crippen molar-refractivity contribution >= 4 is 23.0 Å². The van der Waals surface area contributed by atoms with E-state index in [-0.39, 0.29) is 11.5 Å². The Hall–Kier alpha value is -4.46. The number of hydrogen-bond acceptors (Lipinski definition) is 7. The Morgan fingerprint density at radius 3 is 2.08 bits per heavy atom. The molecule has 8 nitrogen and oxygen atoms in total. The van der Waals surface area contributed by atoms with Crippen molar-refractivity contribution in [1.82, 2.24) is 0 Å². The number of allylic oxidation sites excluding steroid dienone is 2. The summed E-state index contributed by atoms with van der Waals surface area (Å²) >= 11 is 0. The molecule has 192 valence electrons. The minimum absolute atomic E-state index is 0.0708. The van der Waals surface area contributed by atoms with Crippen molar-refractivity contribution in [2.24, 2.45) is 5.92 Å². The number of phenols is 1. The van der Waals surface area contributed by atoms with Crippen molar-refractivity contribution in [3.05, 3.63) is 77.9 Å². The van der Waals surface area contributed by atoms with Crippen molar-refractivity contribution in [2.45, 2.75) is 12.3 Å². The normalized spacial score (nSPS) is 17.0. The summed E-state index contributed by atoms with van der Waals surface area (Å²) in [6.45, 7) is 0. The van der Waals surface area contributed by atoms with Crippen molar-refractivity contribution in [3.63, 3.8) is 0 Å². The van der Waals surface area contributed by atoms with Crippen LogP contribution in [0.25, 0.3) is 5.57 Å². The zero-order valence-electron chi connectivity index (χ0n) is 21.1. The van der Waals surface area contributed by atoms with Crippen molar-refractivity contribution < 1.29 is 33.6 Å². The predicted octanol–water partition coefficient (Wildman–Crippen LogP) is 4.82. The highest BCUT2D eigenvalue weighted by Crippen LogP contribution is 2.46. The second kappa shape index (κ2) is 11.1. The van der Waals surface area contributed by atoms with E-state index in [1.807, 2.05) is 6.07 Å². The summed E-state index contributed by atoms with van der Waals surface area (Å²) in [7, 11) is 6.02. The number of rotatable bonds is 8. The summed E-state index contributed by atoms with van der Waals surface area (Å²) in [5.41, 5.74) is 2.63. The zero-order chi connectivity index (χ0) is 26.5. The van der Waals surface area contributed by atoms with E-state index in [4.69, 9.17) is 18.9 Å². The highest BCUT2D eigenvalue weighted by molar-refractivity contribution is 6.15. The van der Waals surface area contributed by atoms with Gasteiger partial charge in [0.25, 0.3) is 0 Å². The number of para-hydroxylation sites is 1. The van der Waals surface area contributed by atoms with E-state index in [9.17, 15) is 14.7 Å². The van der Waals surface area contributed by atoms with Crippen LogP contribution in [-0.4, -0.2) is 45.2 Å². The van der Waals surface area contributed by atoms with Gasteiger partial charge in [0.1, 0.15) is 5.92 Å². The van der Waals surface area contributed by atoms with Crippen LogP contribution >= 0.6 is 0 Å². The third-order valence-electron chi connectivity index (χ3n) is 6.46. The molecule has 3 aromatic carbocycles. The van der Waals surface area contributed by atoms with Crippen molar-refractivity contribution in [1.29, 1.82) is 0 Å². The maximum Gasteiger partial charge on any atom is 0.235 e. The van der Waals surface area contributed by atoms with Crippen LogP contribution in [0.4, 0.5) is 5.69 Å². The molecule has 0 fully saturated rings. The molecule has 8 heteroatoms. The van der Waals surface area contributed by atoms with Gasteiger partial charge in [-0.05, 0) is 65.6 Å². The molecule has 0 spiro atoms. The van der Waals surface area contributed by atoms with E-state index in [0.717, 1.165) is 0 Å². The van der Waals surface area contributed by atoms with E-state index >= 15 is 0 Å². The Kier molecular flexibility index (Phi) is 7.67. The molecular formula is C29H29NO7. The molecule has 1 aliphatic rings. The van der Waals surface area contributed by atoms with E-state index in [2.05, 4.69) is 5.32 Å². The van der Waals surface area contributed by atoms with Gasteiger partial charge in [0, 0.05) is 11.6 Å². The molecule has 0 aromatic heterocycles. The third-order valence-corrected chi connectivity index (χ3v) is 6.46. The number of ketones is 1. The summed E-state index contributed by atoms with van der Waals surface area (Å²) in [5, 5.41) is 13.3. The number of carbonyl (C=O) groups is 2. The summed E-state index contributed by atoms with van der Waals surface area (Å²) in [6, 6.07) is 17.4. The van der Waals surface area contributed by atoms with Gasteiger partial charge < -0.3 is 29.4 Å². The summed E-state index contributed by atoms with van der Waals surface area (Å²) in [4.78, 5) is 26.9. The maximum atomic E-state index is 13.5. The molecule has 0 heterocycles. The Bertz CT molecular complexity index is 1310. The molecule has 4 rings (SSSR count). The highest BCUT2D eigenvalue weighted by Gasteiger charge is 2.39. The van der Waals surface area contributed by atoms with E-state index < -0.39 is 17.7 Å². The number of ether oxygens (including phenoxy) is 4. The Morgan fingerprint density at radius 2 is 1.51 bits per heavy atom. The van der Waals surface area contributed by atoms with Gasteiger partial charge in [0.15, 0.2) is 28.8 Å². The number of phenolic OH excluding ortho intramolecular Hbond substituents is 1. The van der Waals surface area contributed by atoms with Gasteiger partial charge >= 0.3 is 0 Å². The van der Waals surface area contributed by atoms with Crippen molar-refractivity contribution in [3.8, 4) is 28.7 Å².